The lowest BCUT2D eigenvalue weighted by molar-refractivity contribution is -0.154. The van der Waals surface area contributed by atoms with E-state index < -0.39 is 67.4 Å². The number of carboxylic acid groups (broad SMARTS) is 2. The second kappa shape index (κ2) is 11.4. The molecule has 0 aromatic rings. The number of amides is 2. The number of nitrogens with one attached hydrogen (secondary N) is 2. The number of aliphatic hydroxyl groups excluding tert-OH is 2. The van der Waals surface area contributed by atoms with E-state index in [-0.39, 0.29) is 12.5 Å². The normalized spacial score (nSPS) is 17.0. The molecule has 0 fully saturated rings. The largest absolute Gasteiger partial charge is 0.481 e. The van der Waals surface area contributed by atoms with Gasteiger partial charge in [0.15, 0.2) is 0 Å². The van der Waals surface area contributed by atoms with Gasteiger partial charge >= 0.3 is 24.1 Å². The number of carbonyl (C=O) groups excluding carboxylic acids is 2. The predicted octanol–water partition coefficient (Wildman–Crippen LogP) is -0.370. The minimum atomic E-state index is -1.61. The van der Waals surface area contributed by atoms with Crippen molar-refractivity contribution in [3.05, 3.63) is 0 Å². The van der Waals surface area contributed by atoms with Crippen molar-refractivity contribution >= 4 is 24.1 Å². The molecule has 4 atom stereocenters. The summed E-state index contributed by atoms with van der Waals surface area (Å²) in [7, 11) is 0. The Hall–Kier alpha value is -2.60. The summed E-state index contributed by atoms with van der Waals surface area (Å²) in [6.45, 7) is 3.43. The van der Waals surface area contributed by atoms with Crippen molar-refractivity contribution < 1.29 is 49.1 Å². The molecule has 0 rings (SSSR count). The van der Waals surface area contributed by atoms with Gasteiger partial charge in [0.25, 0.3) is 0 Å². The Morgan fingerprint density at radius 2 is 1.28 bits per heavy atom. The zero-order valence-electron chi connectivity index (χ0n) is 16.9. The summed E-state index contributed by atoms with van der Waals surface area (Å²) in [6, 6.07) is -0.477. The van der Waals surface area contributed by atoms with Crippen molar-refractivity contribution in [2.24, 2.45) is 16.7 Å². The fourth-order valence-electron chi connectivity index (χ4n) is 1.64. The van der Waals surface area contributed by atoms with Crippen LogP contribution in [0.1, 0.15) is 27.7 Å². The number of aliphatic carboxylic acids is 2. The summed E-state index contributed by atoms with van der Waals surface area (Å²) < 4.78 is 9.63. The first kappa shape index (κ1) is 26.4. The Labute approximate surface area is 168 Å². The second-order valence-corrected chi connectivity index (χ2v) is 7.49. The summed E-state index contributed by atoms with van der Waals surface area (Å²) in [6.07, 6.45) is -1.76. The van der Waals surface area contributed by atoms with Crippen LogP contribution in [-0.4, -0.2) is 83.6 Å². The smallest absolute Gasteiger partial charge is 0.407 e. The van der Waals surface area contributed by atoms with Gasteiger partial charge in [-0.15, -0.1) is 0 Å². The molecular formula is C17H30N2O10. The van der Waals surface area contributed by atoms with Gasteiger partial charge in [-0.25, -0.2) is 9.59 Å². The maximum Gasteiger partial charge on any atom is 0.407 e. The van der Waals surface area contributed by atoms with Gasteiger partial charge < -0.3 is 40.5 Å². The maximum atomic E-state index is 11.8. The highest BCUT2D eigenvalue weighted by atomic mass is 16.6. The maximum absolute atomic E-state index is 11.8. The number of hydrogen-bond acceptors (Lipinski definition) is 8. The first-order valence-corrected chi connectivity index (χ1v) is 8.83. The molecule has 0 heterocycles. The zero-order chi connectivity index (χ0) is 22.8. The van der Waals surface area contributed by atoms with Crippen LogP contribution in [0.4, 0.5) is 9.59 Å². The molecule has 6 N–H and O–H groups in total. The van der Waals surface area contributed by atoms with E-state index in [2.05, 4.69) is 10.6 Å². The lowest BCUT2D eigenvalue weighted by atomic mass is 9.93. The van der Waals surface area contributed by atoms with Gasteiger partial charge in [0.05, 0.1) is 13.2 Å². The topological polar surface area (TPSA) is 192 Å². The highest BCUT2D eigenvalue weighted by molar-refractivity contribution is 5.76. The number of carboxylic acids is 2. The second-order valence-electron chi connectivity index (χ2n) is 7.49. The third-order valence-corrected chi connectivity index (χ3v) is 4.54. The number of alkyl carbamates (subject to hydrolysis) is 2. The monoisotopic (exact) mass is 422 g/mol. The molecule has 0 saturated heterocycles. The molecule has 0 aliphatic carbocycles. The molecule has 0 aromatic carbocycles. The van der Waals surface area contributed by atoms with E-state index in [1.165, 1.54) is 13.8 Å². The molecule has 0 aromatic heterocycles. The first-order valence-electron chi connectivity index (χ1n) is 8.83. The number of carbonyl (C=O) groups is 4. The van der Waals surface area contributed by atoms with Crippen molar-refractivity contribution in [3.63, 3.8) is 0 Å². The van der Waals surface area contributed by atoms with E-state index in [1.807, 2.05) is 0 Å². The average molecular weight is 422 g/mol. The lowest BCUT2D eigenvalue weighted by Gasteiger charge is -2.25. The number of rotatable bonds is 12. The molecule has 12 heteroatoms. The Morgan fingerprint density at radius 3 is 1.66 bits per heavy atom. The summed E-state index contributed by atoms with van der Waals surface area (Å²) in [5, 5.41) is 41.1. The molecule has 0 saturated carbocycles. The van der Waals surface area contributed by atoms with Crippen molar-refractivity contribution in [2.45, 2.75) is 33.7 Å². The van der Waals surface area contributed by atoms with Gasteiger partial charge in [0, 0.05) is 12.6 Å². The zero-order valence-corrected chi connectivity index (χ0v) is 16.9. The predicted molar refractivity (Wildman–Crippen MR) is 98.1 cm³/mol. The fraction of sp³-hybridized carbons (Fsp3) is 0.765. The van der Waals surface area contributed by atoms with Crippen LogP contribution < -0.4 is 10.6 Å². The summed E-state index contributed by atoms with van der Waals surface area (Å²) >= 11 is 0. The molecule has 168 valence electrons. The molecule has 4 unspecified atom stereocenters. The number of hydrogen-bond donors (Lipinski definition) is 6. The molecular weight excluding hydrogens is 392 g/mol. The Morgan fingerprint density at radius 1 is 0.862 bits per heavy atom. The highest BCUT2D eigenvalue weighted by Crippen LogP contribution is 2.17. The Kier molecular flexibility index (Phi) is 10.4. The molecule has 0 aliphatic heterocycles. The minimum Gasteiger partial charge on any atom is -0.481 e. The third kappa shape index (κ3) is 8.52. The first-order chi connectivity index (χ1) is 13.3. The minimum absolute atomic E-state index is 0.0761. The Bertz CT molecular complexity index is 599. The van der Waals surface area contributed by atoms with Crippen molar-refractivity contribution in [3.8, 4) is 0 Å². The SMILES string of the molecule is CC(CNC(=O)OCC(C)(CO)C(=O)O)C(C)NC(=O)OCC(C)(CO)C(=O)O. The summed E-state index contributed by atoms with van der Waals surface area (Å²) in [5.41, 5.74) is -3.23. The van der Waals surface area contributed by atoms with Gasteiger partial charge in [-0.05, 0) is 26.7 Å². The van der Waals surface area contributed by atoms with Gasteiger partial charge in [-0.2, -0.15) is 0 Å². The van der Waals surface area contributed by atoms with E-state index in [4.69, 9.17) is 29.9 Å². The van der Waals surface area contributed by atoms with Crippen LogP contribution >= 0.6 is 0 Å². The fourth-order valence-corrected chi connectivity index (χ4v) is 1.64. The standard InChI is InChI=1S/C17H30N2O10/c1-10(5-18-14(26)28-8-16(3,6-20)12(22)23)11(2)19-15(27)29-9-17(4,7-21)13(24)25/h10-11,20-21H,5-9H2,1-4H3,(H,18,26)(H,19,27)(H,22,23)(H,24,25). The third-order valence-electron chi connectivity index (χ3n) is 4.54. The lowest BCUT2D eigenvalue weighted by Crippen LogP contribution is -2.45. The van der Waals surface area contributed by atoms with E-state index in [9.17, 15) is 19.2 Å². The van der Waals surface area contributed by atoms with Crippen molar-refractivity contribution in [1.29, 1.82) is 0 Å². The van der Waals surface area contributed by atoms with Gasteiger partial charge in [0.2, 0.25) is 0 Å². The number of aliphatic hydroxyl groups is 2. The quantitative estimate of drug-likeness (QED) is 0.242. The van der Waals surface area contributed by atoms with Crippen LogP contribution in [0.3, 0.4) is 0 Å². The molecule has 0 radical (unpaired) electrons. The van der Waals surface area contributed by atoms with Crippen LogP contribution in [0.5, 0.6) is 0 Å². The van der Waals surface area contributed by atoms with E-state index in [0.29, 0.717) is 0 Å². The highest BCUT2D eigenvalue weighted by Gasteiger charge is 2.35. The Balaban J connectivity index is 4.38. The number of ether oxygens (including phenoxy) is 2. The van der Waals surface area contributed by atoms with Crippen molar-refractivity contribution in [1.82, 2.24) is 10.6 Å². The van der Waals surface area contributed by atoms with Crippen LogP contribution in [0.25, 0.3) is 0 Å². The van der Waals surface area contributed by atoms with Crippen LogP contribution in [-0.2, 0) is 19.1 Å². The van der Waals surface area contributed by atoms with Crippen LogP contribution in [0.15, 0.2) is 0 Å². The van der Waals surface area contributed by atoms with Crippen LogP contribution in [0.2, 0.25) is 0 Å². The molecule has 0 spiro atoms. The van der Waals surface area contributed by atoms with E-state index in [1.54, 1.807) is 13.8 Å². The molecule has 0 aliphatic rings. The van der Waals surface area contributed by atoms with Gasteiger partial charge in [-0.3, -0.25) is 9.59 Å². The average Bonchev–Trinajstić information content (AvgIpc) is 2.67. The van der Waals surface area contributed by atoms with E-state index >= 15 is 0 Å². The van der Waals surface area contributed by atoms with Gasteiger partial charge in [0.1, 0.15) is 24.0 Å². The summed E-state index contributed by atoms with van der Waals surface area (Å²) in [5.74, 6) is -2.91. The van der Waals surface area contributed by atoms with Crippen molar-refractivity contribution in [2.75, 3.05) is 33.0 Å². The molecule has 29 heavy (non-hydrogen) atoms. The molecule has 12 nitrogen and oxygen atoms in total. The van der Waals surface area contributed by atoms with Gasteiger partial charge in [-0.1, -0.05) is 6.92 Å². The summed E-state index contributed by atoms with van der Waals surface area (Å²) in [4.78, 5) is 45.6. The van der Waals surface area contributed by atoms with Crippen LogP contribution in [0, 0.1) is 16.7 Å². The molecule has 0 bridgehead atoms. The van der Waals surface area contributed by atoms with E-state index in [0.717, 1.165) is 0 Å². The molecule has 2 amide bonds.